The molecule has 3 unspecified atom stereocenters. The number of piperidine rings is 1. The summed E-state index contributed by atoms with van der Waals surface area (Å²) in [4.78, 5) is 23.0. The van der Waals surface area contributed by atoms with Crippen LogP contribution in [0.25, 0.3) is 11.3 Å². The normalized spacial score (nSPS) is 26.9. The fourth-order valence-corrected chi connectivity index (χ4v) is 5.93. The maximum absolute atomic E-state index is 13.7. The van der Waals surface area contributed by atoms with Gasteiger partial charge in [0.1, 0.15) is 17.4 Å². The maximum Gasteiger partial charge on any atom is 0.417 e. The molecule has 38 heavy (non-hydrogen) atoms. The van der Waals surface area contributed by atoms with Crippen molar-refractivity contribution in [2.75, 3.05) is 13.7 Å². The summed E-state index contributed by atoms with van der Waals surface area (Å²) < 4.78 is 58.0. The first-order valence-corrected chi connectivity index (χ1v) is 13.0. The second-order valence-corrected chi connectivity index (χ2v) is 10.4. The lowest BCUT2D eigenvalue weighted by molar-refractivity contribution is -0.142. The van der Waals surface area contributed by atoms with Gasteiger partial charge >= 0.3 is 12.1 Å². The number of hydrogen-bond donors (Lipinski definition) is 0. The molecule has 0 radical (unpaired) electrons. The molecule has 2 bridgehead atoms. The number of carbonyl (C=O) groups excluding carboxylic acids is 1. The molecule has 3 atom stereocenters. The Morgan fingerprint density at radius 1 is 1.13 bits per heavy atom. The largest absolute Gasteiger partial charge is 0.468 e. The van der Waals surface area contributed by atoms with Crippen LogP contribution in [-0.4, -0.2) is 60.0 Å². The van der Waals surface area contributed by atoms with E-state index in [2.05, 4.69) is 20.0 Å². The molecule has 202 valence electrons. The van der Waals surface area contributed by atoms with Crippen molar-refractivity contribution >= 4 is 18.1 Å². The van der Waals surface area contributed by atoms with Crippen LogP contribution in [0.15, 0.2) is 38.8 Å². The molecule has 2 saturated heterocycles. The average molecular weight is 531 g/mol. The fourth-order valence-electron chi connectivity index (χ4n) is 5.93. The van der Waals surface area contributed by atoms with Crippen molar-refractivity contribution in [1.82, 2.24) is 10.1 Å². The van der Waals surface area contributed by atoms with E-state index in [1.54, 1.807) is 12.3 Å². The number of methoxy groups -OCH3 is 1. The number of fused-ring (bicyclic) bond motifs is 2. The van der Waals surface area contributed by atoms with E-state index in [4.69, 9.17) is 14.0 Å². The molecule has 0 amide bonds. The van der Waals surface area contributed by atoms with Crippen LogP contribution in [-0.2, 0) is 27.1 Å². The van der Waals surface area contributed by atoms with Crippen LogP contribution in [0.2, 0.25) is 0 Å². The van der Waals surface area contributed by atoms with Crippen molar-refractivity contribution in [2.24, 2.45) is 15.9 Å². The number of ether oxygens (including phenoxy) is 2. The van der Waals surface area contributed by atoms with Crippen LogP contribution < -0.4 is 0 Å². The Morgan fingerprint density at radius 2 is 1.87 bits per heavy atom. The maximum atomic E-state index is 13.7. The number of esters is 1. The van der Waals surface area contributed by atoms with Gasteiger partial charge in [-0.2, -0.15) is 13.2 Å². The topological polar surface area (TPSA) is 89.5 Å². The van der Waals surface area contributed by atoms with Gasteiger partial charge in [0.15, 0.2) is 0 Å². The Balaban J connectivity index is 1.17. The molecule has 8 nitrogen and oxygen atoms in total. The van der Waals surface area contributed by atoms with Crippen LogP contribution in [0.3, 0.4) is 0 Å². The first kappa shape index (κ1) is 25.1. The summed E-state index contributed by atoms with van der Waals surface area (Å²) in [6.45, 7) is 0.474. The fraction of sp³-hybridized carbons (Fsp3) is 0.556. The number of halogens is 3. The molecular weight excluding hydrogens is 501 g/mol. The van der Waals surface area contributed by atoms with Crippen molar-refractivity contribution in [3.05, 3.63) is 41.2 Å². The van der Waals surface area contributed by atoms with E-state index >= 15 is 0 Å². The molecule has 6 rings (SSSR count). The number of hydrogen-bond acceptors (Lipinski definition) is 8. The number of carbonyl (C=O) groups is 1. The Labute approximate surface area is 217 Å². The van der Waals surface area contributed by atoms with Gasteiger partial charge in [-0.15, -0.1) is 0 Å². The minimum absolute atomic E-state index is 0.0163. The number of nitrogens with zero attached hydrogens (tertiary/aromatic N) is 4. The van der Waals surface area contributed by atoms with Gasteiger partial charge in [0.05, 0.1) is 31.9 Å². The molecule has 1 saturated carbocycles. The molecule has 0 N–H and O–H groups in total. The van der Waals surface area contributed by atoms with Crippen LogP contribution in [0.1, 0.15) is 61.3 Å². The Hall–Kier alpha value is -3.21. The van der Waals surface area contributed by atoms with Gasteiger partial charge < -0.3 is 18.9 Å². The summed E-state index contributed by atoms with van der Waals surface area (Å²) in [5.74, 6) is 0.675. The highest BCUT2D eigenvalue weighted by molar-refractivity contribution is 5.98. The number of alkyl halides is 3. The SMILES string of the molecule is COC(=O)C1C=NC(N2C3CCC2CC(OCc2c(-c4ccccc4C(F)(F)F)noc2C2CC2)C3)=NC1. The summed E-state index contributed by atoms with van der Waals surface area (Å²) in [6, 6.07) is 5.89. The lowest BCUT2D eigenvalue weighted by Gasteiger charge is -2.40. The highest BCUT2D eigenvalue weighted by Crippen LogP contribution is 2.46. The van der Waals surface area contributed by atoms with E-state index in [-0.39, 0.29) is 47.9 Å². The third-order valence-electron chi connectivity index (χ3n) is 7.94. The summed E-state index contributed by atoms with van der Waals surface area (Å²) in [5.41, 5.74) is 0.120. The second kappa shape index (κ2) is 9.83. The van der Waals surface area contributed by atoms with Crippen molar-refractivity contribution < 1.29 is 32.0 Å². The highest BCUT2D eigenvalue weighted by Gasteiger charge is 2.44. The molecule has 1 aliphatic carbocycles. The lowest BCUT2D eigenvalue weighted by atomic mass is 9.98. The van der Waals surface area contributed by atoms with Crippen LogP contribution in [0.4, 0.5) is 13.2 Å². The Bertz CT molecular complexity index is 1260. The van der Waals surface area contributed by atoms with E-state index in [1.807, 2.05) is 0 Å². The van der Waals surface area contributed by atoms with Gasteiger partial charge in [-0.1, -0.05) is 23.4 Å². The van der Waals surface area contributed by atoms with E-state index in [9.17, 15) is 18.0 Å². The third kappa shape index (κ3) is 4.72. The first-order chi connectivity index (χ1) is 18.3. The van der Waals surface area contributed by atoms with E-state index in [1.165, 1.54) is 19.2 Å². The monoisotopic (exact) mass is 530 g/mol. The molecule has 4 heterocycles. The highest BCUT2D eigenvalue weighted by atomic mass is 19.4. The van der Waals surface area contributed by atoms with Gasteiger partial charge in [-0.3, -0.25) is 4.79 Å². The van der Waals surface area contributed by atoms with Crippen molar-refractivity contribution in [3.8, 4) is 11.3 Å². The summed E-state index contributed by atoms with van der Waals surface area (Å²) >= 11 is 0. The summed E-state index contributed by atoms with van der Waals surface area (Å²) in [7, 11) is 1.35. The zero-order chi connectivity index (χ0) is 26.4. The van der Waals surface area contributed by atoms with E-state index < -0.39 is 17.7 Å². The number of rotatable bonds is 6. The molecule has 3 fully saturated rings. The van der Waals surface area contributed by atoms with Crippen molar-refractivity contribution in [2.45, 2.75) is 75.4 Å². The average Bonchev–Trinajstić information content (AvgIpc) is 3.62. The predicted molar refractivity (Wildman–Crippen MR) is 132 cm³/mol. The van der Waals surface area contributed by atoms with Crippen LogP contribution in [0, 0.1) is 5.92 Å². The zero-order valence-electron chi connectivity index (χ0n) is 21.0. The molecule has 2 aromatic rings. The van der Waals surface area contributed by atoms with Gasteiger partial charge in [-0.25, -0.2) is 9.98 Å². The number of guanidine groups is 1. The smallest absolute Gasteiger partial charge is 0.417 e. The van der Waals surface area contributed by atoms with Crippen LogP contribution in [0.5, 0.6) is 0 Å². The molecular formula is C27H29F3N4O4. The zero-order valence-corrected chi connectivity index (χ0v) is 21.0. The van der Waals surface area contributed by atoms with E-state index in [0.29, 0.717) is 23.8 Å². The summed E-state index contributed by atoms with van der Waals surface area (Å²) in [5, 5.41) is 4.10. The molecule has 1 aromatic carbocycles. The van der Waals surface area contributed by atoms with Gasteiger partial charge in [0.2, 0.25) is 5.96 Å². The van der Waals surface area contributed by atoms with Gasteiger partial charge in [0.25, 0.3) is 0 Å². The van der Waals surface area contributed by atoms with Gasteiger partial charge in [-0.05, 0) is 44.6 Å². The first-order valence-electron chi connectivity index (χ1n) is 13.0. The van der Waals surface area contributed by atoms with E-state index in [0.717, 1.165) is 44.6 Å². The second-order valence-electron chi connectivity index (χ2n) is 10.4. The third-order valence-corrected chi connectivity index (χ3v) is 7.94. The van der Waals surface area contributed by atoms with Crippen molar-refractivity contribution in [1.29, 1.82) is 0 Å². The Morgan fingerprint density at radius 3 is 2.50 bits per heavy atom. The molecule has 11 heteroatoms. The quantitative estimate of drug-likeness (QED) is 0.490. The van der Waals surface area contributed by atoms with Crippen molar-refractivity contribution in [3.63, 3.8) is 0 Å². The predicted octanol–water partition coefficient (Wildman–Crippen LogP) is 4.98. The molecule has 0 spiro atoms. The Kier molecular flexibility index (Phi) is 6.49. The number of benzene rings is 1. The number of aromatic nitrogens is 1. The number of aliphatic imine (C=N–C) groups is 2. The minimum atomic E-state index is -4.50. The molecule has 4 aliphatic rings. The summed E-state index contributed by atoms with van der Waals surface area (Å²) in [6.07, 6.45) is 2.45. The van der Waals surface area contributed by atoms with Gasteiger partial charge in [0, 0.05) is 35.3 Å². The molecule has 1 aromatic heterocycles. The van der Waals surface area contributed by atoms with Crippen LogP contribution >= 0.6 is 0 Å². The molecule has 3 aliphatic heterocycles. The lowest BCUT2D eigenvalue weighted by Crippen LogP contribution is -2.49. The minimum Gasteiger partial charge on any atom is -0.468 e. The standard InChI is InChI=1S/C27H29F3N4O4/c1-36-25(35)16-12-31-26(32-13-16)34-17-8-9-18(34)11-19(10-17)37-14-21-23(33-38-24(21)15-6-7-15)20-4-2-3-5-22(20)27(28,29)30/h2-5,12,15-19H,6-11,13-14H2,1H3.